The monoisotopic (exact) mass is 299 g/mol. The van der Waals surface area contributed by atoms with Crippen molar-refractivity contribution in [3.05, 3.63) is 28.7 Å². The third kappa shape index (κ3) is 5.22. The number of carbonyl (C=O) groups excluding carboxylic acids is 1. The van der Waals surface area contributed by atoms with Crippen molar-refractivity contribution in [2.24, 2.45) is 0 Å². The van der Waals surface area contributed by atoms with Crippen LogP contribution in [0.2, 0.25) is 0 Å². The lowest BCUT2D eigenvalue weighted by Gasteiger charge is -2.23. The summed E-state index contributed by atoms with van der Waals surface area (Å²) >= 11 is 3.35. The molecule has 0 aliphatic rings. The number of hydrogen-bond donors (Lipinski definition) is 1. The maximum Gasteiger partial charge on any atom is 0.261 e. The van der Waals surface area contributed by atoms with E-state index in [9.17, 15) is 4.79 Å². The second-order valence-corrected chi connectivity index (χ2v) is 5.87. The molecule has 0 aromatic heterocycles. The van der Waals surface area contributed by atoms with Gasteiger partial charge in [-0.15, -0.1) is 0 Å². The Morgan fingerprint density at radius 1 is 1.29 bits per heavy atom. The Morgan fingerprint density at radius 2 is 1.82 bits per heavy atom. The van der Waals surface area contributed by atoms with E-state index in [4.69, 9.17) is 4.74 Å². The molecule has 0 aliphatic heterocycles. The highest BCUT2D eigenvalue weighted by atomic mass is 79.9. The van der Waals surface area contributed by atoms with Gasteiger partial charge in [0.15, 0.2) is 6.10 Å². The van der Waals surface area contributed by atoms with Crippen LogP contribution in [0.5, 0.6) is 5.75 Å². The van der Waals surface area contributed by atoms with Crippen molar-refractivity contribution < 1.29 is 9.53 Å². The van der Waals surface area contributed by atoms with E-state index in [0.29, 0.717) is 5.75 Å². The summed E-state index contributed by atoms with van der Waals surface area (Å²) in [7, 11) is 0. The van der Waals surface area contributed by atoms with Gasteiger partial charge in [-0.05, 0) is 52.0 Å². The molecule has 0 aliphatic carbocycles. The molecule has 1 N–H and O–H groups in total. The van der Waals surface area contributed by atoms with E-state index in [1.807, 2.05) is 45.0 Å². The highest BCUT2D eigenvalue weighted by Crippen LogP contribution is 2.17. The molecule has 0 saturated heterocycles. The maximum absolute atomic E-state index is 11.8. The minimum absolute atomic E-state index is 0.111. The van der Waals surface area contributed by atoms with Gasteiger partial charge in [0, 0.05) is 10.0 Å². The smallest absolute Gasteiger partial charge is 0.261 e. The minimum atomic E-state index is -0.504. The Bertz CT molecular complexity index is 381. The Labute approximate surface area is 111 Å². The number of benzene rings is 1. The van der Waals surface area contributed by atoms with Gasteiger partial charge < -0.3 is 10.1 Å². The number of rotatable bonds is 3. The molecule has 1 atom stereocenters. The number of ether oxygens (including phenoxy) is 1. The Morgan fingerprint density at radius 3 is 2.29 bits per heavy atom. The molecule has 3 nitrogen and oxygen atoms in total. The van der Waals surface area contributed by atoms with Crippen molar-refractivity contribution in [2.45, 2.75) is 39.3 Å². The lowest BCUT2D eigenvalue weighted by atomic mass is 10.1. The fourth-order valence-electron chi connectivity index (χ4n) is 1.24. The lowest BCUT2D eigenvalue weighted by molar-refractivity contribution is -0.128. The molecule has 0 radical (unpaired) electrons. The zero-order chi connectivity index (χ0) is 13.1. The summed E-state index contributed by atoms with van der Waals surface area (Å²) < 4.78 is 6.53. The number of amides is 1. The SMILES string of the molecule is C[C@H](Oc1ccc(Br)cc1)C(=O)NC(C)(C)C. The molecule has 1 amide bonds. The molecule has 4 heteroatoms. The van der Waals surface area contributed by atoms with Gasteiger partial charge in [-0.25, -0.2) is 0 Å². The van der Waals surface area contributed by atoms with Crippen LogP contribution in [0.3, 0.4) is 0 Å². The fraction of sp³-hybridized carbons (Fsp3) is 0.462. The third-order valence-electron chi connectivity index (χ3n) is 1.99. The number of hydrogen-bond acceptors (Lipinski definition) is 2. The van der Waals surface area contributed by atoms with Gasteiger partial charge in [-0.3, -0.25) is 4.79 Å². The third-order valence-corrected chi connectivity index (χ3v) is 2.52. The Balaban J connectivity index is 2.57. The summed E-state index contributed by atoms with van der Waals surface area (Å²) in [5, 5.41) is 2.88. The van der Waals surface area contributed by atoms with Gasteiger partial charge in [0.25, 0.3) is 5.91 Å². The average molecular weight is 300 g/mol. The van der Waals surface area contributed by atoms with Crippen molar-refractivity contribution in [3.8, 4) is 5.75 Å². The normalized spacial score (nSPS) is 13.0. The van der Waals surface area contributed by atoms with Crippen LogP contribution in [-0.2, 0) is 4.79 Å². The van der Waals surface area contributed by atoms with Crippen molar-refractivity contribution in [3.63, 3.8) is 0 Å². The van der Waals surface area contributed by atoms with E-state index in [2.05, 4.69) is 21.2 Å². The largest absolute Gasteiger partial charge is 0.481 e. The second kappa shape index (κ2) is 5.54. The zero-order valence-electron chi connectivity index (χ0n) is 10.6. The second-order valence-electron chi connectivity index (χ2n) is 4.95. The van der Waals surface area contributed by atoms with E-state index >= 15 is 0 Å². The van der Waals surface area contributed by atoms with E-state index in [1.54, 1.807) is 6.92 Å². The summed E-state index contributed by atoms with van der Waals surface area (Å²) in [5.41, 5.74) is -0.242. The van der Waals surface area contributed by atoms with E-state index in [0.717, 1.165) is 4.47 Å². The molecule has 0 bridgehead atoms. The first-order valence-corrected chi connectivity index (χ1v) is 6.31. The molecule has 0 heterocycles. The van der Waals surface area contributed by atoms with E-state index < -0.39 is 6.10 Å². The maximum atomic E-state index is 11.8. The topological polar surface area (TPSA) is 38.3 Å². The van der Waals surface area contributed by atoms with Crippen LogP contribution in [0, 0.1) is 0 Å². The van der Waals surface area contributed by atoms with Gasteiger partial charge >= 0.3 is 0 Å². The molecule has 1 aromatic rings. The lowest BCUT2D eigenvalue weighted by Crippen LogP contribution is -2.46. The van der Waals surface area contributed by atoms with E-state index in [1.165, 1.54) is 0 Å². The number of nitrogens with one attached hydrogen (secondary N) is 1. The summed E-state index contributed by atoms with van der Waals surface area (Å²) in [6.07, 6.45) is -0.504. The van der Waals surface area contributed by atoms with Crippen LogP contribution in [0.25, 0.3) is 0 Å². The first kappa shape index (κ1) is 14.0. The standard InChI is InChI=1S/C13H18BrNO2/c1-9(12(16)15-13(2,3)4)17-11-7-5-10(14)6-8-11/h5-9H,1-4H3,(H,15,16)/t9-/m0/s1. The quantitative estimate of drug-likeness (QED) is 0.931. The van der Waals surface area contributed by atoms with Crippen LogP contribution >= 0.6 is 15.9 Å². The average Bonchev–Trinajstić information content (AvgIpc) is 2.19. The summed E-state index contributed by atoms with van der Waals surface area (Å²) in [5.74, 6) is 0.574. The van der Waals surface area contributed by atoms with Crippen molar-refractivity contribution in [2.75, 3.05) is 0 Å². The van der Waals surface area contributed by atoms with Gasteiger partial charge in [0.05, 0.1) is 0 Å². The van der Waals surface area contributed by atoms with Gasteiger partial charge in [-0.1, -0.05) is 15.9 Å². The van der Waals surface area contributed by atoms with Crippen LogP contribution in [0.15, 0.2) is 28.7 Å². The molecule has 1 aromatic carbocycles. The first-order valence-electron chi connectivity index (χ1n) is 5.52. The number of carbonyl (C=O) groups is 1. The molecule has 0 saturated carbocycles. The molecule has 0 fully saturated rings. The van der Waals surface area contributed by atoms with Crippen LogP contribution in [0.1, 0.15) is 27.7 Å². The minimum Gasteiger partial charge on any atom is -0.481 e. The predicted molar refractivity (Wildman–Crippen MR) is 72.1 cm³/mol. The molecule has 17 heavy (non-hydrogen) atoms. The van der Waals surface area contributed by atoms with Crippen molar-refractivity contribution in [1.29, 1.82) is 0 Å². The summed E-state index contributed by atoms with van der Waals surface area (Å²) in [6, 6.07) is 7.41. The summed E-state index contributed by atoms with van der Waals surface area (Å²) in [6.45, 7) is 7.56. The van der Waals surface area contributed by atoms with Crippen LogP contribution in [-0.4, -0.2) is 17.6 Å². The Kier molecular flexibility index (Phi) is 4.57. The predicted octanol–water partition coefficient (Wildman–Crippen LogP) is 3.13. The molecular formula is C13H18BrNO2. The van der Waals surface area contributed by atoms with Gasteiger partial charge in [0.2, 0.25) is 0 Å². The Hall–Kier alpha value is -1.03. The van der Waals surface area contributed by atoms with Gasteiger partial charge in [-0.2, -0.15) is 0 Å². The van der Waals surface area contributed by atoms with Crippen LogP contribution < -0.4 is 10.1 Å². The van der Waals surface area contributed by atoms with Gasteiger partial charge in [0.1, 0.15) is 5.75 Å². The van der Waals surface area contributed by atoms with Crippen molar-refractivity contribution in [1.82, 2.24) is 5.32 Å². The molecule has 0 spiro atoms. The molecule has 94 valence electrons. The highest BCUT2D eigenvalue weighted by molar-refractivity contribution is 9.10. The van der Waals surface area contributed by atoms with E-state index in [-0.39, 0.29) is 11.4 Å². The molecule has 1 rings (SSSR count). The highest BCUT2D eigenvalue weighted by Gasteiger charge is 2.20. The van der Waals surface area contributed by atoms with Crippen LogP contribution in [0.4, 0.5) is 0 Å². The molecule has 0 unspecified atom stereocenters. The number of halogens is 1. The van der Waals surface area contributed by atoms with Crippen molar-refractivity contribution >= 4 is 21.8 Å². The first-order chi connectivity index (χ1) is 7.78. The fourth-order valence-corrected chi connectivity index (χ4v) is 1.51. The summed E-state index contributed by atoms with van der Waals surface area (Å²) in [4.78, 5) is 11.8. The zero-order valence-corrected chi connectivity index (χ0v) is 12.2. The molecular weight excluding hydrogens is 282 g/mol.